The molecule has 3 aromatic heterocycles. The van der Waals surface area contributed by atoms with Gasteiger partial charge in [-0.25, -0.2) is 4.98 Å². The molecule has 0 saturated heterocycles. The lowest BCUT2D eigenvalue weighted by Gasteiger charge is -2.06. The molecular formula is C23H14N2O2. The third kappa shape index (κ3) is 1.95. The van der Waals surface area contributed by atoms with E-state index in [-0.39, 0.29) is 5.75 Å². The lowest BCUT2D eigenvalue weighted by molar-refractivity contribution is 0.476. The Morgan fingerprint density at radius 2 is 1.56 bits per heavy atom. The molecule has 6 rings (SSSR count). The molecule has 0 aliphatic rings. The van der Waals surface area contributed by atoms with Crippen molar-refractivity contribution in [1.82, 2.24) is 9.55 Å². The molecule has 0 spiro atoms. The fraction of sp³-hybridized carbons (Fsp3) is 0. The summed E-state index contributed by atoms with van der Waals surface area (Å²) in [6.07, 6.45) is 1.77. The fourth-order valence-corrected chi connectivity index (χ4v) is 3.96. The summed E-state index contributed by atoms with van der Waals surface area (Å²) in [6.45, 7) is 0. The summed E-state index contributed by atoms with van der Waals surface area (Å²) in [7, 11) is 0. The van der Waals surface area contributed by atoms with Gasteiger partial charge >= 0.3 is 0 Å². The van der Waals surface area contributed by atoms with E-state index in [2.05, 4.69) is 27.8 Å². The van der Waals surface area contributed by atoms with Gasteiger partial charge in [0.25, 0.3) is 0 Å². The Balaban J connectivity index is 1.85. The number of rotatable bonds is 1. The average molecular weight is 350 g/mol. The number of aromatic nitrogens is 2. The third-order valence-corrected chi connectivity index (χ3v) is 5.13. The minimum Gasteiger partial charge on any atom is -0.508 e. The van der Waals surface area contributed by atoms with Crippen LogP contribution in [-0.4, -0.2) is 14.7 Å². The van der Waals surface area contributed by atoms with Gasteiger partial charge < -0.3 is 9.52 Å². The van der Waals surface area contributed by atoms with E-state index in [9.17, 15) is 5.11 Å². The molecule has 0 aliphatic heterocycles. The number of phenolic OH excluding ortho intramolecular Hbond substituents is 1. The van der Waals surface area contributed by atoms with Gasteiger partial charge in [0.1, 0.15) is 22.7 Å². The van der Waals surface area contributed by atoms with Crippen molar-refractivity contribution in [2.24, 2.45) is 0 Å². The normalized spacial score (nSPS) is 11.9. The number of phenols is 1. The van der Waals surface area contributed by atoms with Crippen LogP contribution in [0, 0.1) is 0 Å². The maximum Gasteiger partial charge on any atom is 0.137 e. The Bertz CT molecular complexity index is 1480. The smallest absolute Gasteiger partial charge is 0.137 e. The van der Waals surface area contributed by atoms with E-state index in [1.807, 2.05) is 42.5 Å². The summed E-state index contributed by atoms with van der Waals surface area (Å²) in [4.78, 5) is 4.52. The van der Waals surface area contributed by atoms with E-state index in [1.54, 1.807) is 18.3 Å². The molecule has 128 valence electrons. The molecule has 0 unspecified atom stereocenters. The Morgan fingerprint density at radius 3 is 2.44 bits per heavy atom. The lowest BCUT2D eigenvalue weighted by Crippen LogP contribution is -1.96. The van der Waals surface area contributed by atoms with Gasteiger partial charge in [-0.2, -0.15) is 0 Å². The highest BCUT2D eigenvalue weighted by atomic mass is 16.3. The topological polar surface area (TPSA) is 51.2 Å². The highest BCUT2D eigenvalue weighted by Gasteiger charge is 2.16. The predicted octanol–water partition coefficient (Wildman–Crippen LogP) is 5.78. The van der Waals surface area contributed by atoms with Crippen LogP contribution in [0.5, 0.6) is 5.75 Å². The average Bonchev–Trinajstić information content (AvgIpc) is 3.21. The van der Waals surface area contributed by atoms with Gasteiger partial charge in [-0.05, 0) is 36.4 Å². The molecule has 0 radical (unpaired) electrons. The van der Waals surface area contributed by atoms with Crippen molar-refractivity contribution >= 4 is 43.7 Å². The molecule has 0 bridgehead atoms. The third-order valence-electron chi connectivity index (χ3n) is 5.13. The number of hydrogen-bond acceptors (Lipinski definition) is 3. The number of para-hydroxylation sites is 1. The molecule has 0 atom stereocenters. The second kappa shape index (κ2) is 5.11. The maximum atomic E-state index is 10.1. The van der Waals surface area contributed by atoms with Crippen LogP contribution in [0.2, 0.25) is 0 Å². The second-order valence-electron chi connectivity index (χ2n) is 6.69. The molecule has 6 aromatic rings. The van der Waals surface area contributed by atoms with E-state index in [4.69, 9.17) is 4.42 Å². The number of fused-ring (bicyclic) bond motifs is 6. The summed E-state index contributed by atoms with van der Waals surface area (Å²) in [5.74, 6) is 1.04. The fourth-order valence-electron chi connectivity index (χ4n) is 3.96. The minimum absolute atomic E-state index is 0.233. The number of pyridine rings is 1. The summed E-state index contributed by atoms with van der Waals surface area (Å²) in [6, 6.07) is 23.6. The van der Waals surface area contributed by atoms with Crippen LogP contribution >= 0.6 is 0 Å². The first-order chi connectivity index (χ1) is 13.3. The van der Waals surface area contributed by atoms with Crippen molar-refractivity contribution in [3.8, 4) is 11.6 Å². The van der Waals surface area contributed by atoms with E-state index < -0.39 is 0 Å². The molecule has 0 fully saturated rings. The van der Waals surface area contributed by atoms with Gasteiger partial charge in [0.05, 0.1) is 11.0 Å². The van der Waals surface area contributed by atoms with Crippen LogP contribution in [0.1, 0.15) is 0 Å². The maximum absolute atomic E-state index is 10.1. The molecule has 0 amide bonds. The van der Waals surface area contributed by atoms with E-state index in [0.29, 0.717) is 0 Å². The van der Waals surface area contributed by atoms with Crippen molar-refractivity contribution in [2.45, 2.75) is 0 Å². The molecule has 0 aliphatic carbocycles. The highest BCUT2D eigenvalue weighted by molar-refractivity contribution is 6.17. The first-order valence-electron chi connectivity index (χ1n) is 8.79. The molecule has 4 heteroatoms. The second-order valence-corrected chi connectivity index (χ2v) is 6.69. The Kier molecular flexibility index (Phi) is 2.72. The number of nitrogens with zero attached hydrogens (tertiary/aromatic N) is 2. The summed E-state index contributed by atoms with van der Waals surface area (Å²) >= 11 is 0. The first-order valence-corrected chi connectivity index (χ1v) is 8.79. The zero-order chi connectivity index (χ0) is 18.0. The SMILES string of the molecule is Oc1ccc2c3cc4c(cc3n(-c3ccccn3)c2c1)oc1ccccc14. The van der Waals surface area contributed by atoms with Crippen LogP contribution in [0.4, 0.5) is 0 Å². The van der Waals surface area contributed by atoms with E-state index in [1.165, 1.54) is 0 Å². The molecule has 3 aromatic carbocycles. The van der Waals surface area contributed by atoms with Gasteiger partial charge in [0, 0.05) is 39.9 Å². The van der Waals surface area contributed by atoms with Crippen LogP contribution in [0.25, 0.3) is 49.6 Å². The van der Waals surface area contributed by atoms with Crippen molar-refractivity contribution < 1.29 is 9.52 Å². The van der Waals surface area contributed by atoms with Crippen LogP contribution in [0.15, 0.2) is 83.4 Å². The molecule has 4 nitrogen and oxygen atoms in total. The lowest BCUT2D eigenvalue weighted by atomic mass is 10.1. The summed E-state index contributed by atoms with van der Waals surface area (Å²) < 4.78 is 8.15. The van der Waals surface area contributed by atoms with Crippen molar-refractivity contribution in [2.75, 3.05) is 0 Å². The Labute approximate surface area is 153 Å². The monoisotopic (exact) mass is 350 g/mol. The van der Waals surface area contributed by atoms with Crippen molar-refractivity contribution in [1.29, 1.82) is 0 Å². The molecule has 27 heavy (non-hydrogen) atoms. The molecule has 1 N–H and O–H groups in total. The van der Waals surface area contributed by atoms with Crippen LogP contribution in [-0.2, 0) is 0 Å². The first kappa shape index (κ1) is 14.4. The Hall–Kier alpha value is -3.79. The zero-order valence-corrected chi connectivity index (χ0v) is 14.3. The predicted molar refractivity (Wildman–Crippen MR) is 108 cm³/mol. The van der Waals surface area contributed by atoms with E-state index in [0.717, 1.165) is 49.6 Å². The summed E-state index contributed by atoms with van der Waals surface area (Å²) in [5.41, 5.74) is 3.64. The number of furan rings is 1. The number of aromatic hydroxyl groups is 1. The molecule has 0 saturated carbocycles. The Morgan fingerprint density at radius 1 is 0.704 bits per heavy atom. The zero-order valence-electron chi connectivity index (χ0n) is 14.3. The standard InChI is InChI=1S/C23H14N2O2/c26-14-8-9-15-17-12-18-16-5-1-2-6-21(16)27-22(18)13-20(17)25(19(15)11-14)23-7-3-4-10-24-23/h1-13,26H. The largest absolute Gasteiger partial charge is 0.508 e. The van der Waals surface area contributed by atoms with Crippen molar-refractivity contribution in [3.63, 3.8) is 0 Å². The molecular weight excluding hydrogens is 336 g/mol. The van der Waals surface area contributed by atoms with Crippen molar-refractivity contribution in [3.05, 3.63) is 79.0 Å². The van der Waals surface area contributed by atoms with E-state index >= 15 is 0 Å². The van der Waals surface area contributed by atoms with Crippen LogP contribution in [0.3, 0.4) is 0 Å². The number of benzene rings is 3. The van der Waals surface area contributed by atoms with Gasteiger partial charge in [-0.15, -0.1) is 0 Å². The van der Waals surface area contributed by atoms with Gasteiger partial charge in [0.2, 0.25) is 0 Å². The quantitative estimate of drug-likeness (QED) is 0.409. The van der Waals surface area contributed by atoms with Crippen LogP contribution < -0.4 is 0 Å². The summed E-state index contributed by atoms with van der Waals surface area (Å²) in [5, 5.41) is 14.4. The highest BCUT2D eigenvalue weighted by Crippen LogP contribution is 2.38. The minimum atomic E-state index is 0.233. The van der Waals surface area contributed by atoms with Gasteiger partial charge in [0.15, 0.2) is 0 Å². The molecule has 3 heterocycles. The van der Waals surface area contributed by atoms with Gasteiger partial charge in [-0.3, -0.25) is 4.57 Å². The van der Waals surface area contributed by atoms with Gasteiger partial charge in [-0.1, -0.05) is 24.3 Å². The number of hydrogen-bond donors (Lipinski definition) is 1.